The van der Waals surface area contributed by atoms with Crippen LogP contribution in [0.25, 0.3) is 0 Å². The number of carbonyl (C=O) groups excluding carboxylic acids is 2. The van der Waals surface area contributed by atoms with Gasteiger partial charge in [0.05, 0.1) is 7.11 Å². The number of nitrogens with one attached hydrogen (secondary N) is 1. The number of carbonyl (C=O) groups is 2. The molecule has 8 nitrogen and oxygen atoms in total. The molecule has 1 fully saturated rings. The van der Waals surface area contributed by atoms with Gasteiger partial charge in [-0.3, -0.25) is 9.59 Å². The zero-order valence-corrected chi connectivity index (χ0v) is 17.0. The summed E-state index contributed by atoms with van der Waals surface area (Å²) in [5.74, 6) is 0.170. The summed E-state index contributed by atoms with van der Waals surface area (Å²) in [4.78, 5) is 39.3. The molecule has 1 aromatic heterocycles. The van der Waals surface area contributed by atoms with Gasteiger partial charge in [0.15, 0.2) is 0 Å². The van der Waals surface area contributed by atoms with Crippen LogP contribution in [0.5, 0.6) is 5.75 Å². The second-order valence-corrected chi connectivity index (χ2v) is 8.36. The summed E-state index contributed by atoms with van der Waals surface area (Å²) in [5.41, 5.74) is 0.512. The van der Waals surface area contributed by atoms with E-state index in [1.165, 1.54) is 13.2 Å². The third-order valence-corrected chi connectivity index (χ3v) is 5.04. The van der Waals surface area contributed by atoms with Crippen LogP contribution in [0.1, 0.15) is 56.1 Å². The van der Waals surface area contributed by atoms with Gasteiger partial charge in [-0.05, 0) is 46.5 Å². The van der Waals surface area contributed by atoms with Crippen molar-refractivity contribution < 1.29 is 19.1 Å². The molecule has 2 aliphatic rings. The van der Waals surface area contributed by atoms with Gasteiger partial charge in [0.2, 0.25) is 0 Å². The maximum atomic E-state index is 13.3. The maximum absolute atomic E-state index is 13.3. The van der Waals surface area contributed by atoms with Crippen LogP contribution in [-0.4, -0.2) is 53.3 Å². The minimum Gasteiger partial charge on any atom is -0.496 e. The average molecular weight is 391 g/mol. The molecule has 1 saturated heterocycles. The standard InChI is InChI=1S/C20H29N3O5/c1-20(2,3)28-19(26)21-13-7-5-9-22(12-13)18(25)17-14-8-6-10-23(14)16(24)11-15(17)27-4/h11,13H,5-10,12H2,1-4H3,(H,21,26). The molecule has 2 amide bonds. The molecule has 0 aromatic carbocycles. The number of hydrogen-bond donors (Lipinski definition) is 1. The zero-order valence-electron chi connectivity index (χ0n) is 17.0. The lowest BCUT2D eigenvalue weighted by molar-refractivity contribution is 0.0451. The highest BCUT2D eigenvalue weighted by atomic mass is 16.6. The summed E-state index contributed by atoms with van der Waals surface area (Å²) >= 11 is 0. The lowest BCUT2D eigenvalue weighted by atomic mass is 10.0. The maximum Gasteiger partial charge on any atom is 0.407 e. The summed E-state index contributed by atoms with van der Waals surface area (Å²) in [6.07, 6.45) is 2.61. The van der Waals surface area contributed by atoms with Gasteiger partial charge in [-0.1, -0.05) is 0 Å². The van der Waals surface area contributed by atoms with Gasteiger partial charge < -0.3 is 24.3 Å². The van der Waals surface area contributed by atoms with Gasteiger partial charge in [0.1, 0.15) is 16.9 Å². The molecule has 1 atom stereocenters. The van der Waals surface area contributed by atoms with Crippen LogP contribution in [0, 0.1) is 0 Å². The van der Waals surface area contributed by atoms with E-state index in [2.05, 4.69) is 5.32 Å². The zero-order chi connectivity index (χ0) is 20.5. The molecule has 1 N–H and O–H groups in total. The number of rotatable bonds is 3. The van der Waals surface area contributed by atoms with E-state index in [1.807, 2.05) is 20.8 Å². The van der Waals surface area contributed by atoms with Crippen LogP contribution < -0.4 is 15.6 Å². The van der Waals surface area contributed by atoms with E-state index in [1.54, 1.807) is 9.47 Å². The van der Waals surface area contributed by atoms with Crippen molar-refractivity contribution in [2.24, 2.45) is 0 Å². The Hall–Kier alpha value is -2.51. The molecule has 0 bridgehead atoms. The smallest absolute Gasteiger partial charge is 0.407 e. The van der Waals surface area contributed by atoms with E-state index in [9.17, 15) is 14.4 Å². The second-order valence-electron chi connectivity index (χ2n) is 8.36. The molecule has 3 heterocycles. The number of nitrogens with zero attached hydrogens (tertiary/aromatic N) is 2. The van der Waals surface area contributed by atoms with Gasteiger partial charge in [-0.15, -0.1) is 0 Å². The van der Waals surface area contributed by atoms with E-state index >= 15 is 0 Å². The summed E-state index contributed by atoms with van der Waals surface area (Å²) in [7, 11) is 1.47. The van der Waals surface area contributed by atoms with E-state index in [4.69, 9.17) is 9.47 Å². The van der Waals surface area contributed by atoms with Crippen LogP contribution >= 0.6 is 0 Å². The van der Waals surface area contributed by atoms with Crippen LogP contribution in [0.4, 0.5) is 4.79 Å². The Morgan fingerprint density at radius 2 is 1.96 bits per heavy atom. The number of piperidine rings is 1. The van der Waals surface area contributed by atoms with Crippen molar-refractivity contribution in [1.29, 1.82) is 0 Å². The van der Waals surface area contributed by atoms with Gasteiger partial charge >= 0.3 is 6.09 Å². The number of methoxy groups -OCH3 is 1. The van der Waals surface area contributed by atoms with Crippen molar-refractivity contribution in [2.75, 3.05) is 20.2 Å². The number of aromatic nitrogens is 1. The van der Waals surface area contributed by atoms with Gasteiger partial charge in [-0.2, -0.15) is 0 Å². The first-order valence-electron chi connectivity index (χ1n) is 9.79. The Balaban J connectivity index is 1.77. The summed E-state index contributed by atoms with van der Waals surface area (Å²) in [6, 6.07) is 1.22. The first-order valence-corrected chi connectivity index (χ1v) is 9.79. The highest BCUT2D eigenvalue weighted by molar-refractivity contribution is 5.98. The van der Waals surface area contributed by atoms with Gasteiger partial charge in [0, 0.05) is 37.4 Å². The van der Waals surface area contributed by atoms with E-state index in [-0.39, 0.29) is 17.5 Å². The lowest BCUT2D eigenvalue weighted by Crippen LogP contribution is -2.50. The van der Waals surface area contributed by atoms with Crippen LogP contribution in [0.2, 0.25) is 0 Å². The van der Waals surface area contributed by atoms with Crippen molar-refractivity contribution in [3.05, 3.63) is 27.7 Å². The quantitative estimate of drug-likeness (QED) is 0.850. The lowest BCUT2D eigenvalue weighted by Gasteiger charge is -2.34. The van der Waals surface area contributed by atoms with Crippen LogP contribution in [0.3, 0.4) is 0 Å². The number of likely N-dealkylation sites (tertiary alicyclic amines) is 1. The molecule has 1 unspecified atom stereocenters. The normalized spacial score (nSPS) is 19.1. The Bertz CT molecular complexity index is 824. The number of fused-ring (bicyclic) bond motifs is 1. The van der Waals surface area contributed by atoms with Crippen molar-refractivity contribution in [2.45, 2.75) is 64.6 Å². The number of pyridine rings is 1. The van der Waals surface area contributed by atoms with Gasteiger partial charge in [-0.25, -0.2) is 4.79 Å². The summed E-state index contributed by atoms with van der Waals surface area (Å²) in [5, 5.41) is 2.86. The highest BCUT2D eigenvalue weighted by Crippen LogP contribution is 2.28. The minimum absolute atomic E-state index is 0.135. The highest BCUT2D eigenvalue weighted by Gasteiger charge is 2.32. The topological polar surface area (TPSA) is 89.9 Å². The number of amides is 2. The van der Waals surface area contributed by atoms with Crippen molar-refractivity contribution >= 4 is 12.0 Å². The predicted octanol–water partition coefficient (Wildman–Crippen LogP) is 1.93. The Morgan fingerprint density at radius 3 is 2.64 bits per heavy atom. The Kier molecular flexibility index (Phi) is 5.67. The first kappa shape index (κ1) is 20.2. The second kappa shape index (κ2) is 7.85. The van der Waals surface area contributed by atoms with Crippen LogP contribution in [0.15, 0.2) is 10.9 Å². The molecule has 3 rings (SSSR count). The number of hydrogen-bond acceptors (Lipinski definition) is 5. The van der Waals surface area contributed by atoms with Crippen molar-refractivity contribution in [3.63, 3.8) is 0 Å². The fraction of sp³-hybridized carbons (Fsp3) is 0.650. The van der Waals surface area contributed by atoms with Crippen LogP contribution in [-0.2, 0) is 17.7 Å². The van der Waals surface area contributed by atoms with Crippen molar-refractivity contribution in [1.82, 2.24) is 14.8 Å². The predicted molar refractivity (Wildman–Crippen MR) is 104 cm³/mol. The Labute approximate surface area is 164 Å². The molecule has 1 aromatic rings. The third-order valence-electron chi connectivity index (χ3n) is 5.04. The SMILES string of the molecule is COc1cc(=O)n2c(c1C(=O)N1CCCC(NC(=O)OC(C)(C)C)C1)CCC2. The van der Waals surface area contributed by atoms with Gasteiger partial charge in [0.25, 0.3) is 11.5 Å². The molecule has 0 spiro atoms. The molecule has 0 radical (unpaired) electrons. The monoisotopic (exact) mass is 391 g/mol. The molecule has 28 heavy (non-hydrogen) atoms. The van der Waals surface area contributed by atoms with E-state index in [0.29, 0.717) is 37.4 Å². The van der Waals surface area contributed by atoms with Crippen molar-refractivity contribution in [3.8, 4) is 5.75 Å². The molecular weight excluding hydrogens is 362 g/mol. The largest absolute Gasteiger partial charge is 0.496 e. The number of ether oxygens (including phenoxy) is 2. The average Bonchev–Trinajstić information content (AvgIpc) is 3.09. The fourth-order valence-electron chi connectivity index (χ4n) is 3.88. The minimum atomic E-state index is -0.570. The Morgan fingerprint density at radius 1 is 1.21 bits per heavy atom. The third kappa shape index (κ3) is 4.31. The molecule has 0 saturated carbocycles. The molecule has 154 valence electrons. The molecular formula is C20H29N3O5. The number of alkyl carbamates (subject to hydrolysis) is 1. The summed E-state index contributed by atoms with van der Waals surface area (Å²) in [6.45, 7) is 7.07. The summed E-state index contributed by atoms with van der Waals surface area (Å²) < 4.78 is 12.3. The van der Waals surface area contributed by atoms with E-state index in [0.717, 1.165) is 25.0 Å². The molecule has 0 aliphatic carbocycles. The van der Waals surface area contributed by atoms with E-state index < -0.39 is 11.7 Å². The molecule has 8 heteroatoms. The first-order chi connectivity index (χ1) is 13.2. The molecule has 2 aliphatic heterocycles. The fourth-order valence-corrected chi connectivity index (χ4v) is 3.88.